The van der Waals surface area contributed by atoms with Crippen molar-refractivity contribution in [2.24, 2.45) is 5.92 Å². The number of carbonyl (C=O) groups is 2. The molecule has 0 radical (unpaired) electrons. The van der Waals surface area contributed by atoms with Crippen molar-refractivity contribution in [2.45, 2.75) is 26.3 Å². The lowest BCUT2D eigenvalue weighted by Gasteiger charge is -2.21. The largest absolute Gasteiger partial charge is 0.469 e. The van der Waals surface area contributed by atoms with E-state index >= 15 is 0 Å². The van der Waals surface area contributed by atoms with Crippen LogP contribution in [0.5, 0.6) is 0 Å². The maximum Gasteiger partial charge on any atom is 0.311 e. The zero-order chi connectivity index (χ0) is 10.0. The molecule has 0 aromatic rings. The van der Waals surface area contributed by atoms with Crippen molar-refractivity contribution in [3.8, 4) is 0 Å². The van der Waals surface area contributed by atoms with Crippen LogP contribution in [-0.4, -0.2) is 36.5 Å². The molecule has 1 aliphatic heterocycles. The highest BCUT2D eigenvalue weighted by Gasteiger charge is 2.40. The van der Waals surface area contributed by atoms with Crippen molar-refractivity contribution in [1.82, 2.24) is 4.90 Å². The Morgan fingerprint density at radius 1 is 1.69 bits per heavy atom. The fourth-order valence-corrected chi connectivity index (χ4v) is 1.82. The summed E-state index contributed by atoms with van der Waals surface area (Å²) in [5, 5.41) is 0. The Labute approximate surface area is 77.8 Å². The Kier molecular flexibility index (Phi) is 2.90. The minimum absolute atomic E-state index is 0.0232. The summed E-state index contributed by atoms with van der Waals surface area (Å²) in [6.07, 6.45) is 0.293. The van der Waals surface area contributed by atoms with Crippen LogP contribution in [-0.2, 0) is 14.3 Å². The Morgan fingerprint density at radius 2 is 2.31 bits per heavy atom. The Bertz CT molecular complexity index is 225. The first-order chi connectivity index (χ1) is 6.11. The highest BCUT2D eigenvalue weighted by atomic mass is 16.5. The summed E-state index contributed by atoms with van der Waals surface area (Å²) in [7, 11) is 1.36. The molecule has 0 aromatic heterocycles. The van der Waals surface area contributed by atoms with Gasteiger partial charge in [0.15, 0.2) is 0 Å². The summed E-state index contributed by atoms with van der Waals surface area (Å²) < 4.78 is 4.63. The van der Waals surface area contributed by atoms with E-state index < -0.39 is 0 Å². The number of likely N-dealkylation sites (tertiary alicyclic amines) is 1. The van der Waals surface area contributed by atoms with Gasteiger partial charge >= 0.3 is 5.97 Å². The second kappa shape index (κ2) is 3.77. The normalized spacial score (nSPS) is 27.9. The summed E-state index contributed by atoms with van der Waals surface area (Å²) >= 11 is 0. The van der Waals surface area contributed by atoms with Gasteiger partial charge in [-0.15, -0.1) is 0 Å². The maximum absolute atomic E-state index is 11.4. The van der Waals surface area contributed by atoms with Gasteiger partial charge in [0.25, 0.3) is 0 Å². The number of nitrogens with zero attached hydrogens (tertiary/aromatic N) is 1. The minimum atomic E-state index is -0.281. The average Bonchev–Trinajstić information content (AvgIpc) is 2.40. The molecule has 0 bridgehead atoms. The van der Waals surface area contributed by atoms with Gasteiger partial charge in [0, 0.05) is 19.0 Å². The smallest absolute Gasteiger partial charge is 0.311 e. The number of hydrogen-bond donors (Lipinski definition) is 0. The van der Waals surface area contributed by atoms with E-state index in [1.54, 1.807) is 4.90 Å². The summed E-state index contributed by atoms with van der Waals surface area (Å²) in [5.74, 6) is -0.514. The molecule has 1 amide bonds. The molecule has 4 nitrogen and oxygen atoms in total. The fraction of sp³-hybridized carbons (Fsp3) is 0.778. The van der Waals surface area contributed by atoms with Crippen LogP contribution in [0.4, 0.5) is 0 Å². The Morgan fingerprint density at radius 3 is 2.69 bits per heavy atom. The summed E-state index contributed by atoms with van der Waals surface area (Å²) in [5.41, 5.74) is 0. The quantitative estimate of drug-likeness (QED) is 0.585. The van der Waals surface area contributed by atoms with Gasteiger partial charge in [-0.2, -0.15) is 0 Å². The van der Waals surface area contributed by atoms with Gasteiger partial charge < -0.3 is 9.64 Å². The van der Waals surface area contributed by atoms with Gasteiger partial charge in [-0.1, -0.05) is 0 Å². The summed E-state index contributed by atoms with van der Waals surface area (Å²) in [6.45, 7) is 4.46. The van der Waals surface area contributed by atoms with Gasteiger partial charge in [-0.3, -0.25) is 9.59 Å². The van der Waals surface area contributed by atoms with Gasteiger partial charge in [0.2, 0.25) is 5.91 Å². The highest BCUT2D eigenvalue weighted by molar-refractivity contribution is 5.87. The Hall–Kier alpha value is -1.06. The van der Waals surface area contributed by atoms with E-state index in [1.165, 1.54) is 7.11 Å². The molecule has 1 heterocycles. The standard InChI is InChI=1S/C9H15NO3/c1-4-10-6(2)7(5-8(10)11)9(12)13-3/h6-7H,4-5H2,1-3H3. The zero-order valence-corrected chi connectivity index (χ0v) is 8.24. The molecule has 0 spiro atoms. The van der Waals surface area contributed by atoms with E-state index in [2.05, 4.69) is 4.74 Å². The van der Waals surface area contributed by atoms with Crippen LogP contribution in [0.2, 0.25) is 0 Å². The summed E-state index contributed by atoms with van der Waals surface area (Å²) in [6, 6.07) is -0.0232. The van der Waals surface area contributed by atoms with E-state index in [9.17, 15) is 9.59 Å². The molecule has 74 valence electrons. The number of hydrogen-bond acceptors (Lipinski definition) is 3. The van der Waals surface area contributed by atoms with Crippen LogP contribution in [0.1, 0.15) is 20.3 Å². The lowest BCUT2D eigenvalue weighted by Crippen LogP contribution is -2.34. The van der Waals surface area contributed by atoms with E-state index in [1.807, 2.05) is 13.8 Å². The van der Waals surface area contributed by atoms with Crippen molar-refractivity contribution >= 4 is 11.9 Å². The van der Waals surface area contributed by atoms with E-state index in [4.69, 9.17) is 0 Å². The molecule has 0 N–H and O–H groups in total. The first-order valence-electron chi connectivity index (χ1n) is 4.49. The topological polar surface area (TPSA) is 46.6 Å². The van der Waals surface area contributed by atoms with E-state index in [-0.39, 0.29) is 23.8 Å². The second-order valence-corrected chi connectivity index (χ2v) is 3.25. The van der Waals surface area contributed by atoms with Crippen LogP contribution >= 0.6 is 0 Å². The minimum Gasteiger partial charge on any atom is -0.469 e. The number of esters is 1. The SMILES string of the molecule is CCN1C(=O)CC(C(=O)OC)C1C. The molecule has 0 aromatic carbocycles. The van der Waals surface area contributed by atoms with Crippen molar-refractivity contribution in [2.75, 3.05) is 13.7 Å². The average molecular weight is 185 g/mol. The van der Waals surface area contributed by atoms with Gasteiger partial charge in [0.05, 0.1) is 13.0 Å². The number of methoxy groups -OCH3 is 1. The van der Waals surface area contributed by atoms with Crippen LogP contribution < -0.4 is 0 Å². The molecule has 4 heteroatoms. The highest BCUT2D eigenvalue weighted by Crippen LogP contribution is 2.25. The van der Waals surface area contributed by atoms with Crippen molar-refractivity contribution < 1.29 is 14.3 Å². The van der Waals surface area contributed by atoms with Crippen molar-refractivity contribution in [3.63, 3.8) is 0 Å². The first-order valence-corrected chi connectivity index (χ1v) is 4.49. The van der Waals surface area contributed by atoms with Crippen molar-refractivity contribution in [3.05, 3.63) is 0 Å². The first kappa shape index (κ1) is 10.0. The second-order valence-electron chi connectivity index (χ2n) is 3.25. The fourth-order valence-electron chi connectivity index (χ4n) is 1.82. The third-order valence-electron chi connectivity index (χ3n) is 2.63. The molecule has 0 aliphatic carbocycles. The molecule has 1 fully saturated rings. The molecule has 13 heavy (non-hydrogen) atoms. The third kappa shape index (κ3) is 1.66. The third-order valence-corrected chi connectivity index (χ3v) is 2.63. The van der Waals surface area contributed by atoms with Crippen LogP contribution in [0.15, 0.2) is 0 Å². The van der Waals surface area contributed by atoms with Crippen LogP contribution in [0.3, 0.4) is 0 Å². The molecular formula is C9H15NO3. The van der Waals surface area contributed by atoms with E-state index in [0.29, 0.717) is 13.0 Å². The molecule has 2 atom stereocenters. The molecular weight excluding hydrogens is 170 g/mol. The lowest BCUT2D eigenvalue weighted by atomic mass is 10.0. The van der Waals surface area contributed by atoms with Gasteiger partial charge in [0.1, 0.15) is 0 Å². The van der Waals surface area contributed by atoms with Gasteiger partial charge in [-0.05, 0) is 13.8 Å². The van der Waals surface area contributed by atoms with Crippen molar-refractivity contribution in [1.29, 1.82) is 0 Å². The Balaban J connectivity index is 2.72. The molecule has 1 aliphatic rings. The molecule has 1 rings (SSSR count). The number of ether oxygens (including phenoxy) is 1. The monoisotopic (exact) mass is 185 g/mol. The van der Waals surface area contributed by atoms with Crippen LogP contribution in [0, 0.1) is 5.92 Å². The molecule has 0 saturated carbocycles. The van der Waals surface area contributed by atoms with Crippen LogP contribution in [0.25, 0.3) is 0 Å². The van der Waals surface area contributed by atoms with E-state index in [0.717, 1.165) is 0 Å². The predicted molar refractivity (Wildman–Crippen MR) is 47.0 cm³/mol. The zero-order valence-electron chi connectivity index (χ0n) is 8.24. The molecule has 1 saturated heterocycles. The predicted octanol–water partition coefficient (Wildman–Crippen LogP) is 0.416. The maximum atomic E-state index is 11.4. The number of amides is 1. The number of carbonyl (C=O) groups excluding carboxylic acids is 2. The number of rotatable bonds is 2. The summed E-state index contributed by atoms with van der Waals surface area (Å²) in [4.78, 5) is 24.3. The van der Waals surface area contributed by atoms with Gasteiger partial charge in [-0.25, -0.2) is 0 Å². The molecule has 2 unspecified atom stereocenters. The lowest BCUT2D eigenvalue weighted by molar-refractivity contribution is -0.146.